The lowest BCUT2D eigenvalue weighted by Crippen LogP contribution is -2.32. The number of hydrogen-bond donors (Lipinski definition) is 2. The van der Waals surface area contributed by atoms with Crippen LogP contribution in [0.15, 0.2) is 42.0 Å². The second-order valence-corrected chi connectivity index (χ2v) is 8.34. The van der Waals surface area contributed by atoms with Crippen molar-refractivity contribution in [2.45, 2.75) is 12.5 Å². The largest absolute Gasteiger partial charge is 0.508 e. The normalized spacial score (nSPS) is 17.6. The van der Waals surface area contributed by atoms with Gasteiger partial charge in [0, 0.05) is 12.6 Å². The van der Waals surface area contributed by atoms with Crippen molar-refractivity contribution < 1.29 is 29.3 Å². The van der Waals surface area contributed by atoms with E-state index in [1.165, 1.54) is 43.4 Å². The van der Waals surface area contributed by atoms with Crippen molar-refractivity contribution in [3.05, 3.63) is 58.1 Å². The first-order chi connectivity index (χ1) is 15.7. The Balaban J connectivity index is 2.18. The highest BCUT2D eigenvalue weighted by molar-refractivity contribution is 6.46. The molecule has 0 aromatic heterocycles. The van der Waals surface area contributed by atoms with Crippen LogP contribution in [-0.2, 0) is 9.59 Å². The summed E-state index contributed by atoms with van der Waals surface area (Å²) in [5.41, 5.74) is 0.685. The predicted octanol–water partition coefficient (Wildman–Crippen LogP) is 3.44. The van der Waals surface area contributed by atoms with Crippen molar-refractivity contribution >= 4 is 29.1 Å². The molecule has 3 rings (SSSR count). The molecule has 0 aliphatic carbocycles. The number of amides is 1. The number of Topliss-reactive ketones (excluding diaryl/α,β-unsaturated/α-hetero) is 1. The molecule has 1 saturated heterocycles. The van der Waals surface area contributed by atoms with Crippen LogP contribution in [0.4, 0.5) is 0 Å². The maximum absolute atomic E-state index is 13.1. The van der Waals surface area contributed by atoms with Crippen molar-refractivity contribution in [1.82, 2.24) is 9.80 Å². The molecule has 0 spiro atoms. The minimum absolute atomic E-state index is 0.0485. The number of rotatable bonds is 8. The maximum atomic E-state index is 13.1. The molecule has 33 heavy (non-hydrogen) atoms. The zero-order valence-electron chi connectivity index (χ0n) is 19.0. The first-order valence-electron chi connectivity index (χ1n) is 10.3. The summed E-state index contributed by atoms with van der Waals surface area (Å²) in [5.74, 6) is -1.34. The Bertz CT molecular complexity index is 1080. The third kappa shape index (κ3) is 4.91. The van der Waals surface area contributed by atoms with Crippen LogP contribution in [0.5, 0.6) is 17.2 Å². The van der Waals surface area contributed by atoms with Crippen LogP contribution in [0.25, 0.3) is 5.76 Å². The van der Waals surface area contributed by atoms with Crippen LogP contribution in [-0.4, -0.2) is 73.1 Å². The highest BCUT2D eigenvalue weighted by Crippen LogP contribution is 2.43. The topological polar surface area (TPSA) is 99.5 Å². The fourth-order valence-electron chi connectivity index (χ4n) is 3.86. The van der Waals surface area contributed by atoms with Crippen LogP contribution >= 0.6 is 11.6 Å². The van der Waals surface area contributed by atoms with Crippen LogP contribution in [0.3, 0.4) is 0 Å². The van der Waals surface area contributed by atoms with Crippen molar-refractivity contribution in [1.29, 1.82) is 0 Å². The van der Waals surface area contributed by atoms with Gasteiger partial charge in [0.05, 0.1) is 36.4 Å². The molecule has 2 N–H and O–H groups in total. The zero-order valence-corrected chi connectivity index (χ0v) is 19.7. The van der Waals surface area contributed by atoms with Gasteiger partial charge in [0.2, 0.25) is 0 Å². The predicted molar refractivity (Wildman–Crippen MR) is 125 cm³/mol. The minimum Gasteiger partial charge on any atom is -0.508 e. The van der Waals surface area contributed by atoms with Gasteiger partial charge in [-0.15, -0.1) is 0 Å². The van der Waals surface area contributed by atoms with Gasteiger partial charge in [0.15, 0.2) is 0 Å². The number of phenolic OH excluding ortho intramolecular Hbond substituents is 1. The SMILES string of the molecule is COc1cc(/C(O)=C2\C(=O)C(=O)N(CCCN(C)C)C2c2ccc(O)cc2)c(OC)cc1Cl. The van der Waals surface area contributed by atoms with Gasteiger partial charge in [0.25, 0.3) is 11.7 Å². The van der Waals surface area contributed by atoms with Crippen molar-refractivity contribution in [3.63, 3.8) is 0 Å². The van der Waals surface area contributed by atoms with Gasteiger partial charge in [-0.25, -0.2) is 0 Å². The Labute approximate surface area is 197 Å². The summed E-state index contributed by atoms with van der Waals surface area (Å²) in [7, 11) is 6.68. The molecule has 9 heteroatoms. The quantitative estimate of drug-likeness (QED) is 0.343. The van der Waals surface area contributed by atoms with Gasteiger partial charge in [-0.2, -0.15) is 0 Å². The second kappa shape index (κ2) is 10.1. The number of methoxy groups -OCH3 is 2. The zero-order chi connectivity index (χ0) is 24.3. The van der Waals surface area contributed by atoms with E-state index in [2.05, 4.69) is 0 Å². The summed E-state index contributed by atoms with van der Waals surface area (Å²) in [6, 6.07) is 8.29. The molecule has 0 radical (unpaired) electrons. The van der Waals surface area contributed by atoms with Gasteiger partial charge in [-0.05, 0) is 50.8 Å². The summed E-state index contributed by atoms with van der Waals surface area (Å²) >= 11 is 6.18. The molecule has 1 amide bonds. The lowest BCUT2D eigenvalue weighted by atomic mass is 9.94. The molecule has 2 aromatic rings. The molecule has 0 saturated carbocycles. The average molecular weight is 475 g/mol. The molecule has 2 aromatic carbocycles. The fraction of sp³-hybridized carbons (Fsp3) is 0.333. The molecule has 1 heterocycles. The number of ether oxygens (including phenoxy) is 2. The molecule has 176 valence electrons. The average Bonchev–Trinajstić information content (AvgIpc) is 3.03. The molecular weight excluding hydrogens is 448 g/mol. The molecule has 1 aliphatic heterocycles. The van der Waals surface area contributed by atoms with Gasteiger partial charge < -0.3 is 29.5 Å². The number of aliphatic hydroxyl groups is 1. The number of hydrogen-bond acceptors (Lipinski definition) is 7. The van der Waals surface area contributed by atoms with Gasteiger partial charge in [0.1, 0.15) is 23.0 Å². The number of aromatic hydroxyl groups is 1. The molecule has 8 nitrogen and oxygen atoms in total. The van der Waals surface area contributed by atoms with Crippen molar-refractivity contribution in [2.75, 3.05) is 41.4 Å². The van der Waals surface area contributed by atoms with Gasteiger partial charge >= 0.3 is 0 Å². The number of ketones is 1. The number of benzene rings is 2. The Morgan fingerprint density at radius 1 is 1.09 bits per heavy atom. The summed E-state index contributed by atoms with van der Waals surface area (Å²) in [5, 5.41) is 21.3. The smallest absolute Gasteiger partial charge is 0.295 e. The highest BCUT2D eigenvalue weighted by atomic mass is 35.5. The third-order valence-electron chi connectivity index (χ3n) is 5.48. The number of aliphatic hydroxyl groups excluding tert-OH is 1. The maximum Gasteiger partial charge on any atom is 0.295 e. The van der Waals surface area contributed by atoms with Crippen molar-refractivity contribution in [3.8, 4) is 17.2 Å². The number of carbonyl (C=O) groups excluding carboxylic acids is 2. The second-order valence-electron chi connectivity index (χ2n) is 7.93. The summed E-state index contributed by atoms with van der Waals surface area (Å²) < 4.78 is 10.6. The van der Waals surface area contributed by atoms with E-state index >= 15 is 0 Å². The Morgan fingerprint density at radius 2 is 1.73 bits per heavy atom. The number of carbonyl (C=O) groups is 2. The first-order valence-corrected chi connectivity index (χ1v) is 10.7. The molecule has 0 bridgehead atoms. The summed E-state index contributed by atoms with van der Waals surface area (Å²) in [4.78, 5) is 29.6. The number of likely N-dealkylation sites (tertiary alicyclic amines) is 1. The minimum atomic E-state index is -0.834. The standard InChI is InChI=1S/C24H27ClN2O6/c1-26(2)10-5-11-27-21(14-6-8-15(28)9-7-14)20(23(30)24(27)31)22(29)16-12-19(33-4)17(25)13-18(16)32-3/h6-9,12-13,21,28-29H,5,10-11H2,1-4H3/b22-20+. The van der Waals surface area contributed by atoms with E-state index in [0.717, 1.165) is 0 Å². The number of halogens is 1. The highest BCUT2D eigenvalue weighted by Gasteiger charge is 2.46. The number of nitrogens with zero attached hydrogens (tertiary/aromatic N) is 2. The molecule has 1 aliphatic rings. The van der Waals surface area contributed by atoms with Crippen LogP contribution < -0.4 is 9.47 Å². The van der Waals surface area contributed by atoms with E-state index in [4.69, 9.17) is 21.1 Å². The summed E-state index contributed by atoms with van der Waals surface area (Å²) in [6.45, 7) is 1.03. The van der Waals surface area contributed by atoms with E-state index in [1.807, 2.05) is 19.0 Å². The lowest BCUT2D eigenvalue weighted by Gasteiger charge is -2.26. The van der Waals surface area contributed by atoms with Crippen LogP contribution in [0.1, 0.15) is 23.6 Å². The van der Waals surface area contributed by atoms with E-state index in [-0.39, 0.29) is 33.4 Å². The fourth-order valence-corrected chi connectivity index (χ4v) is 4.09. The van der Waals surface area contributed by atoms with Crippen LogP contribution in [0.2, 0.25) is 5.02 Å². The van der Waals surface area contributed by atoms with E-state index in [1.54, 1.807) is 12.1 Å². The molecule has 1 unspecified atom stereocenters. The molecular formula is C24H27ClN2O6. The number of phenols is 1. The molecule has 1 fully saturated rings. The Hall–Kier alpha value is -3.23. The Kier molecular flexibility index (Phi) is 7.50. The monoisotopic (exact) mass is 474 g/mol. The molecule has 1 atom stereocenters. The van der Waals surface area contributed by atoms with E-state index in [9.17, 15) is 19.8 Å². The lowest BCUT2D eigenvalue weighted by molar-refractivity contribution is -0.139. The third-order valence-corrected chi connectivity index (χ3v) is 5.78. The van der Waals surface area contributed by atoms with Gasteiger partial charge in [-0.3, -0.25) is 9.59 Å². The van der Waals surface area contributed by atoms with E-state index < -0.39 is 23.5 Å². The van der Waals surface area contributed by atoms with E-state index in [0.29, 0.717) is 25.1 Å². The summed E-state index contributed by atoms with van der Waals surface area (Å²) in [6.07, 6.45) is 0.632. The van der Waals surface area contributed by atoms with Crippen LogP contribution in [0, 0.1) is 0 Å². The van der Waals surface area contributed by atoms with Gasteiger partial charge in [-0.1, -0.05) is 23.7 Å². The Morgan fingerprint density at radius 3 is 2.30 bits per heavy atom. The van der Waals surface area contributed by atoms with Crippen molar-refractivity contribution in [2.24, 2.45) is 0 Å². The first kappa shape index (κ1) is 24.4.